The maximum Gasteiger partial charge on any atom is 0.237 e. The molecule has 2 aromatic rings. The predicted molar refractivity (Wildman–Crippen MR) is 105 cm³/mol. The SMILES string of the molecule is O=C1C2C=CC=CC2C(=O)N1Cc1cn(-c2ccc(N3CCOCC3)c(F)c2)nn1. The van der Waals surface area contributed by atoms with E-state index in [9.17, 15) is 14.0 Å². The van der Waals surface area contributed by atoms with Crippen LogP contribution in [0.1, 0.15) is 5.69 Å². The molecule has 5 rings (SSSR count). The fraction of sp³-hybridized carbons (Fsp3) is 0.333. The second-order valence-corrected chi connectivity index (χ2v) is 7.47. The Morgan fingerprint density at radius 1 is 1.07 bits per heavy atom. The van der Waals surface area contributed by atoms with E-state index in [2.05, 4.69) is 10.3 Å². The van der Waals surface area contributed by atoms with E-state index in [1.807, 2.05) is 4.90 Å². The number of carbonyl (C=O) groups is 2. The Labute approximate surface area is 172 Å². The number of fused-ring (bicyclic) bond motifs is 1. The quantitative estimate of drug-likeness (QED) is 0.712. The summed E-state index contributed by atoms with van der Waals surface area (Å²) in [5, 5.41) is 8.11. The highest BCUT2D eigenvalue weighted by atomic mass is 19.1. The Kier molecular flexibility index (Phi) is 4.66. The van der Waals surface area contributed by atoms with Crippen LogP contribution in [0.15, 0.2) is 48.7 Å². The minimum Gasteiger partial charge on any atom is -0.378 e. The molecule has 1 aliphatic carbocycles. The number of halogens is 1. The zero-order valence-electron chi connectivity index (χ0n) is 16.1. The van der Waals surface area contributed by atoms with E-state index >= 15 is 0 Å². The minimum atomic E-state index is -0.445. The number of imide groups is 1. The van der Waals surface area contributed by atoms with Crippen molar-refractivity contribution < 1.29 is 18.7 Å². The van der Waals surface area contributed by atoms with Gasteiger partial charge in [0.25, 0.3) is 0 Å². The number of carbonyl (C=O) groups excluding carboxylic acids is 2. The van der Waals surface area contributed by atoms with E-state index in [1.165, 1.54) is 15.6 Å². The molecule has 2 amide bonds. The van der Waals surface area contributed by atoms with E-state index in [0.717, 1.165) is 0 Å². The third-order valence-corrected chi connectivity index (χ3v) is 5.65. The number of hydrogen-bond acceptors (Lipinski definition) is 6. The van der Waals surface area contributed by atoms with Gasteiger partial charge in [-0.3, -0.25) is 14.5 Å². The number of benzene rings is 1. The maximum absolute atomic E-state index is 14.7. The van der Waals surface area contributed by atoms with Crippen LogP contribution in [0.3, 0.4) is 0 Å². The minimum absolute atomic E-state index is 0.0424. The van der Waals surface area contributed by atoms with Crippen molar-refractivity contribution in [3.05, 3.63) is 60.2 Å². The van der Waals surface area contributed by atoms with Gasteiger partial charge in [0, 0.05) is 19.2 Å². The molecular formula is C21H20FN5O3. The second-order valence-electron chi connectivity index (χ2n) is 7.47. The summed E-state index contributed by atoms with van der Waals surface area (Å²) in [7, 11) is 0. The first-order chi connectivity index (χ1) is 14.6. The molecular weight excluding hydrogens is 389 g/mol. The van der Waals surface area contributed by atoms with Crippen molar-refractivity contribution in [1.29, 1.82) is 0 Å². The van der Waals surface area contributed by atoms with Crippen LogP contribution in [0, 0.1) is 17.7 Å². The van der Waals surface area contributed by atoms with Gasteiger partial charge in [0.05, 0.1) is 49.2 Å². The zero-order chi connectivity index (χ0) is 20.7. The topological polar surface area (TPSA) is 80.6 Å². The Bertz CT molecular complexity index is 1030. The molecule has 1 aromatic heterocycles. The molecule has 1 aromatic carbocycles. The van der Waals surface area contributed by atoms with Crippen molar-refractivity contribution in [1.82, 2.24) is 19.9 Å². The molecule has 3 heterocycles. The second kappa shape index (κ2) is 7.49. The van der Waals surface area contributed by atoms with E-state index in [1.54, 1.807) is 42.6 Å². The highest BCUT2D eigenvalue weighted by Gasteiger charge is 2.45. The summed E-state index contributed by atoms with van der Waals surface area (Å²) in [6, 6.07) is 4.89. The van der Waals surface area contributed by atoms with E-state index in [-0.39, 0.29) is 24.2 Å². The standard InChI is InChI=1S/C21H20FN5O3/c22-18-11-15(5-6-19(18)25-7-9-30-10-8-25)27-13-14(23-24-27)12-26-20(28)16-3-1-2-4-17(16)21(26)29/h1-6,11,13,16-17H,7-10,12H2. The van der Waals surface area contributed by atoms with Gasteiger partial charge in [-0.25, -0.2) is 9.07 Å². The molecule has 2 saturated heterocycles. The van der Waals surface area contributed by atoms with Crippen LogP contribution in [-0.2, 0) is 20.9 Å². The van der Waals surface area contributed by atoms with Gasteiger partial charge in [-0.2, -0.15) is 0 Å². The molecule has 0 saturated carbocycles. The highest BCUT2D eigenvalue weighted by Crippen LogP contribution is 2.32. The highest BCUT2D eigenvalue weighted by molar-refractivity contribution is 6.07. The lowest BCUT2D eigenvalue weighted by Gasteiger charge is -2.29. The number of likely N-dealkylation sites (tertiary alicyclic amines) is 1. The third-order valence-electron chi connectivity index (χ3n) is 5.65. The van der Waals surface area contributed by atoms with Crippen LogP contribution in [-0.4, -0.2) is 58.0 Å². The number of aromatic nitrogens is 3. The van der Waals surface area contributed by atoms with Gasteiger partial charge < -0.3 is 9.64 Å². The van der Waals surface area contributed by atoms with Crippen molar-refractivity contribution in [3.8, 4) is 5.69 Å². The average Bonchev–Trinajstić information content (AvgIpc) is 3.34. The maximum atomic E-state index is 14.7. The largest absolute Gasteiger partial charge is 0.378 e. The fourth-order valence-corrected chi connectivity index (χ4v) is 4.06. The van der Waals surface area contributed by atoms with Gasteiger partial charge in [-0.1, -0.05) is 29.5 Å². The first kappa shape index (κ1) is 18.7. The molecule has 154 valence electrons. The number of nitrogens with zero attached hydrogens (tertiary/aromatic N) is 5. The first-order valence-electron chi connectivity index (χ1n) is 9.86. The number of amides is 2. The van der Waals surface area contributed by atoms with Crippen molar-refractivity contribution in [2.45, 2.75) is 6.54 Å². The lowest BCUT2D eigenvalue weighted by molar-refractivity contribution is -0.140. The van der Waals surface area contributed by atoms with Crippen LogP contribution in [0.2, 0.25) is 0 Å². The molecule has 2 unspecified atom stereocenters. The van der Waals surface area contributed by atoms with Crippen LogP contribution >= 0.6 is 0 Å². The number of ether oxygens (including phenoxy) is 1. The van der Waals surface area contributed by atoms with Crippen molar-refractivity contribution in [2.24, 2.45) is 11.8 Å². The predicted octanol–water partition coefficient (Wildman–Crippen LogP) is 1.47. The molecule has 2 fully saturated rings. The number of hydrogen-bond donors (Lipinski definition) is 0. The van der Waals surface area contributed by atoms with E-state index < -0.39 is 11.8 Å². The summed E-state index contributed by atoms with van der Waals surface area (Å²) in [5.74, 6) is -1.71. The third kappa shape index (κ3) is 3.21. The van der Waals surface area contributed by atoms with Crippen molar-refractivity contribution in [2.75, 3.05) is 31.2 Å². The summed E-state index contributed by atoms with van der Waals surface area (Å²) >= 11 is 0. The molecule has 0 radical (unpaired) electrons. The van der Waals surface area contributed by atoms with Gasteiger partial charge in [-0.05, 0) is 12.1 Å². The monoisotopic (exact) mass is 409 g/mol. The van der Waals surface area contributed by atoms with Crippen LogP contribution in [0.25, 0.3) is 5.69 Å². The Hall–Kier alpha value is -3.33. The molecule has 2 aliphatic heterocycles. The van der Waals surface area contributed by atoms with E-state index in [4.69, 9.17) is 4.74 Å². The fourth-order valence-electron chi connectivity index (χ4n) is 4.06. The number of allylic oxidation sites excluding steroid dienone is 2. The van der Waals surface area contributed by atoms with Gasteiger partial charge in [0.2, 0.25) is 11.8 Å². The van der Waals surface area contributed by atoms with E-state index in [0.29, 0.717) is 43.4 Å². The summed E-state index contributed by atoms with van der Waals surface area (Å²) in [6.07, 6.45) is 8.67. The molecule has 0 bridgehead atoms. The normalized spacial score (nSPS) is 23.4. The molecule has 0 spiro atoms. The first-order valence-corrected chi connectivity index (χ1v) is 9.86. The number of morpholine rings is 1. The molecule has 9 heteroatoms. The average molecular weight is 409 g/mol. The van der Waals surface area contributed by atoms with Gasteiger partial charge in [-0.15, -0.1) is 5.10 Å². The summed E-state index contributed by atoms with van der Waals surface area (Å²) in [4.78, 5) is 28.3. The van der Waals surface area contributed by atoms with Crippen molar-refractivity contribution in [3.63, 3.8) is 0 Å². The number of rotatable bonds is 4. The Morgan fingerprint density at radius 3 is 2.43 bits per heavy atom. The van der Waals surface area contributed by atoms with Crippen LogP contribution < -0.4 is 4.90 Å². The number of anilines is 1. The Morgan fingerprint density at radius 2 is 1.77 bits per heavy atom. The summed E-state index contributed by atoms with van der Waals surface area (Å²) in [6.45, 7) is 2.49. The van der Waals surface area contributed by atoms with Crippen LogP contribution in [0.5, 0.6) is 0 Å². The smallest absolute Gasteiger partial charge is 0.237 e. The van der Waals surface area contributed by atoms with Gasteiger partial charge in [0.15, 0.2) is 0 Å². The van der Waals surface area contributed by atoms with Crippen LogP contribution in [0.4, 0.5) is 10.1 Å². The molecule has 3 aliphatic rings. The molecule has 2 atom stereocenters. The summed E-state index contributed by atoms with van der Waals surface area (Å²) in [5.41, 5.74) is 1.50. The molecule has 8 nitrogen and oxygen atoms in total. The zero-order valence-corrected chi connectivity index (χ0v) is 16.1. The van der Waals surface area contributed by atoms with Gasteiger partial charge >= 0.3 is 0 Å². The van der Waals surface area contributed by atoms with Crippen molar-refractivity contribution >= 4 is 17.5 Å². The Balaban J connectivity index is 1.33. The lowest BCUT2D eigenvalue weighted by Crippen LogP contribution is -2.36. The van der Waals surface area contributed by atoms with Gasteiger partial charge in [0.1, 0.15) is 11.5 Å². The molecule has 0 N–H and O–H groups in total. The summed E-state index contributed by atoms with van der Waals surface area (Å²) < 4.78 is 21.4. The molecule has 30 heavy (non-hydrogen) atoms. The lowest BCUT2D eigenvalue weighted by atomic mass is 9.91.